The molecule has 5 nitrogen and oxygen atoms in total. The molecule has 4 aliphatic carbocycles. The second-order valence-corrected chi connectivity index (χ2v) is 13.2. The molecule has 0 bridgehead atoms. The highest BCUT2D eigenvalue weighted by Crippen LogP contribution is 2.70. The number of carbonyl (C=O) groups excluding carboxylic acids is 2. The minimum absolute atomic E-state index is 0.226. The first-order valence-electron chi connectivity index (χ1n) is 14.4. The molecule has 0 amide bonds. The first-order valence-corrected chi connectivity index (χ1v) is 14.4. The number of aliphatic hydroxyl groups is 1. The molecule has 202 valence electrons. The summed E-state index contributed by atoms with van der Waals surface area (Å²) in [5.41, 5.74) is 3.12. The van der Waals surface area contributed by atoms with Crippen LogP contribution in [0, 0.1) is 22.7 Å². The SMILES string of the molecule is CC(=O)O[C@@H]1CC(=C/C=C2\CCC[C@@]3(C)C2CC[C@@H]3C2(CCCC(C)(C)O)CC2)C[C@@H](OC(C)=O)C1. The molecule has 5 atom stereocenters. The zero-order valence-corrected chi connectivity index (χ0v) is 23.2. The lowest BCUT2D eigenvalue weighted by atomic mass is 9.59. The molecule has 1 N–H and O–H groups in total. The van der Waals surface area contributed by atoms with Crippen LogP contribution in [0.15, 0.2) is 23.3 Å². The van der Waals surface area contributed by atoms with E-state index in [1.54, 1.807) is 5.57 Å². The average Bonchev–Trinajstić information content (AvgIpc) is 3.43. The molecule has 0 aromatic rings. The minimum Gasteiger partial charge on any atom is -0.462 e. The van der Waals surface area contributed by atoms with Crippen molar-refractivity contribution in [1.82, 2.24) is 0 Å². The molecule has 4 saturated carbocycles. The predicted molar refractivity (Wildman–Crippen MR) is 141 cm³/mol. The molecule has 4 aliphatic rings. The smallest absolute Gasteiger partial charge is 0.302 e. The maximum Gasteiger partial charge on any atom is 0.302 e. The molecule has 0 aromatic carbocycles. The minimum atomic E-state index is -0.561. The van der Waals surface area contributed by atoms with Gasteiger partial charge in [0, 0.05) is 33.1 Å². The van der Waals surface area contributed by atoms with Crippen LogP contribution in [-0.2, 0) is 19.1 Å². The quantitative estimate of drug-likeness (QED) is 0.370. The molecule has 5 heteroatoms. The Balaban J connectivity index is 1.47. The number of hydrogen-bond donors (Lipinski definition) is 1. The Kier molecular flexibility index (Phi) is 8.09. The van der Waals surface area contributed by atoms with E-state index < -0.39 is 5.60 Å². The van der Waals surface area contributed by atoms with E-state index in [1.807, 2.05) is 13.8 Å². The summed E-state index contributed by atoms with van der Waals surface area (Å²) in [6.07, 6.45) is 18.6. The third-order valence-electron chi connectivity index (χ3n) is 9.76. The summed E-state index contributed by atoms with van der Waals surface area (Å²) in [6, 6.07) is 0. The Hall–Kier alpha value is -1.62. The Bertz CT molecular complexity index is 863. The van der Waals surface area contributed by atoms with Crippen LogP contribution in [0.25, 0.3) is 0 Å². The van der Waals surface area contributed by atoms with Gasteiger partial charge in [-0.1, -0.05) is 36.6 Å². The van der Waals surface area contributed by atoms with Crippen molar-refractivity contribution >= 4 is 11.9 Å². The van der Waals surface area contributed by atoms with Gasteiger partial charge in [-0.25, -0.2) is 0 Å². The van der Waals surface area contributed by atoms with Crippen molar-refractivity contribution in [2.24, 2.45) is 22.7 Å². The van der Waals surface area contributed by atoms with E-state index in [2.05, 4.69) is 19.1 Å². The van der Waals surface area contributed by atoms with Crippen LogP contribution in [0.5, 0.6) is 0 Å². The predicted octanol–water partition coefficient (Wildman–Crippen LogP) is 6.82. The summed E-state index contributed by atoms with van der Waals surface area (Å²) in [5, 5.41) is 10.2. The van der Waals surface area contributed by atoms with Crippen molar-refractivity contribution in [2.75, 3.05) is 0 Å². The Morgan fingerprint density at radius 1 is 1.03 bits per heavy atom. The van der Waals surface area contributed by atoms with Gasteiger partial charge in [-0.3, -0.25) is 9.59 Å². The number of esters is 2. The van der Waals surface area contributed by atoms with E-state index in [0.29, 0.717) is 23.2 Å². The van der Waals surface area contributed by atoms with Crippen LogP contribution in [0.1, 0.15) is 118 Å². The molecule has 0 radical (unpaired) electrons. The molecule has 0 saturated heterocycles. The van der Waals surface area contributed by atoms with Crippen LogP contribution in [0.2, 0.25) is 0 Å². The highest BCUT2D eigenvalue weighted by molar-refractivity contribution is 5.67. The van der Waals surface area contributed by atoms with Crippen LogP contribution in [0.3, 0.4) is 0 Å². The molecule has 0 aromatic heterocycles. The van der Waals surface area contributed by atoms with Crippen LogP contribution >= 0.6 is 0 Å². The summed E-state index contributed by atoms with van der Waals surface area (Å²) in [7, 11) is 0. The summed E-state index contributed by atoms with van der Waals surface area (Å²) < 4.78 is 11.0. The fourth-order valence-corrected chi connectivity index (χ4v) is 8.19. The first-order chi connectivity index (χ1) is 16.9. The average molecular weight is 501 g/mol. The van der Waals surface area contributed by atoms with Crippen molar-refractivity contribution in [2.45, 2.75) is 136 Å². The maximum atomic E-state index is 11.6. The number of rotatable bonds is 8. The van der Waals surface area contributed by atoms with Gasteiger partial charge in [0.05, 0.1) is 5.60 Å². The second kappa shape index (κ2) is 10.6. The van der Waals surface area contributed by atoms with E-state index in [-0.39, 0.29) is 24.1 Å². The number of fused-ring (bicyclic) bond motifs is 1. The fraction of sp³-hybridized carbons (Fsp3) is 0.806. The van der Waals surface area contributed by atoms with Crippen molar-refractivity contribution in [1.29, 1.82) is 0 Å². The van der Waals surface area contributed by atoms with E-state index in [4.69, 9.17) is 9.47 Å². The lowest BCUT2D eigenvalue weighted by molar-refractivity contribution is -0.154. The highest BCUT2D eigenvalue weighted by atomic mass is 16.6. The summed E-state index contributed by atoms with van der Waals surface area (Å²) in [4.78, 5) is 23.1. The molecular formula is C31H48O5. The van der Waals surface area contributed by atoms with Gasteiger partial charge in [-0.15, -0.1) is 0 Å². The number of hydrogen-bond acceptors (Lipinski definition) is 5. The van der Waals surface area contributed by atoms with Gasteiger partial charge in [0.15, 0.2) is 0 Å². The third kappa shape index (κ3) is 6.44. The maximum absolute atomic E-state index is 11.6. The molecule has 36 heavy (non-hydrogen) atoms. The topological polar surface area (TPSA) is 72.8 Å². The van der Waals surface area contributed by atoms with Gasteiger partial charge in [0.25, 0.3) is 0 Å². The van der Waals surface area contributed by atoms with Gasteiger partial charge >= 0.3 is 11.9 Å². The monoisotopic (exact) mass is 500 g/mol. The van der Waals surface area contributed by atoms with Crippen molar-refractivity contribution in [3.63, 3.8) is 0 Å². The van der Waals surface area contributed by atoms with Gasteiger partial charge < -0.3 is 14.6 Å². The van der Waals surface area contributed by atoms with E-state index in [1.165, 1.54) is 70.8 Å². The molecule has 1 unspecified atom stereocenters. The van der Waals surface area contributed by atoms with Crippen LogP contribution < -0.4 is 0 Å². The lowest BCUT2D eigenvalue weighted by Crippen LogP contribution is -2.37. The Labute approximate surface area is 218 Å². The Morgan fingerprint density at radius 3 is 2.22 bits per heavy atom. The molecule has 4 rings (SSSR count). The fourth-order valence-electron chi connectivity index (χ4n) is 8.19. The number of carbonyl (C=O) groups is 2. The largest absolute Gasteiger partial charge is 0.462 e. The van der Waals surface area contributed by atoms with Crippen molar-refractivity contribution in [3.8, 4) is 0 Å². The Morgan fingerprint density at radius 2 is 1.67 bits per heavy atom. The van der Waals surface area contributed by atoms with E-state index in [9.17, 15) is 14.7 Å². The lowest BCUT2D eigenvalue weighted by Gasteiger charge is -2.45. The molecule has 4 fully saturated rings. The van der Waals surface area contributed by atoms with Gasteiger partial charge in [-0.05, 0) is 94.3 Å². The van der Waals surface area contributed by atoms with Gasteiger partial charge in [0.2, 0.25) is 0 Å². The summed E-state index contributed by atoms with van der Waals surface area (Å²) in [6.45, 7) is 9.32. The zero-order valence-electron chi connectivity index (χ0n) is 23.2. The molecule has 0 aliphatic heterocycles. The van der Waals surface area contributed by atoms with E-state index >= 15 is 0 Å². The summed E-state index contributed by atoms with van der Waals surface area (Å²) in [5.74, 6) is 0.886. The molecular weight excluding hydrogens is 452 g/mol. The normalized spacial score (nSPS) is 34.7. The number of ether oxygens (including phenoxy) is 2. The highest BCUT2D eigenvalue weighted by Gasteiger charge is 2.60. The van der Waals surface area contributed by atoms with Gasteiger partial charge in [-0.2, -0.15) is 0 Å². The molecule has 0 spiro atoms. The summed E-state index contributed by atoms with van der Waals surface area (Å²) >= 11 is 0. The second-order valence-electron chi connectivity index (χ2n) is 13.2. The van der Waals surface area contributed by atoms with Crippen LogP contribution in [0.4, 0.5) is 0 Å². The van der Waals surface area contributed by atoms with E-state index in [0.717, 1.165) is 31.6 Å². The van der Waals surface area contributed by atoms with Crippen molar-refractivity contribution < 1.29 is 24.2 Å². The standard InChI is InChI=1S/C31H48O5/c1-21(32)35-25-18-23(19-26(20-25)36-22(2)33)9-10-24-8-6-14-30(5)27(24)11-12-28(30)31(16-17-31)15-7-13-29(3,4)34/h9-10,25-28,34H,6-8,11-20H2,1-5H3/b24-10+/t25-,26-,27?,28+,30+/m1/s1. The zero-order chi connectivity index (χ0) is 26.1. The van der Waals surface area contributed by atoms with Crippen molar-refractivity contribution in [3.05, 3.63) is 23.3 Å². The van der Waals surface area contributed by atoms with Gasteiger partial charge in [0.1, 0.15) is 12.2 Å². The molecule has 0 heterocycles. The third-order valence-corrected chi connectivity index (χ3v) is 9.76. The van der Waals surface area contributed by atoms with Crippen LogP contribution in [-0.4, -0.2) is 34.9 Å². The number of allylic oxidation sites excluding steroid dienone is 3. The first kappa shape index (κ1) is 27.4.